The summed E-state index contributed by atoms with van der Waals surface area (Å²) in [5.41, 5.74) is 6.37. The lowest BCUT2D eigenvalue weighted by molar-refractivity contribution is 0.274. The Hall–Kier alpha value is -0.0800. The largest absolute Gasteiger partial charge is 0.330 e. The highest BCUT2D eigenvalue weighted by Gasteiger charge is 2.32. The first-order valence-corrected chi connectivity index (χ1v) is 7.16. The van der Waals surface area contributed by atoms with E-state index >= 15 is 0 Å². The van der Waals surface area contributed by atoms with Crippen LogP contribution >= 0.6 is 0 Å². The quantitative estimate of drug-likeness (QED) is 0.624. The van der Waals surface area contributed by atoms with E-state index in [0.717, 1.165) is 13.1 Å². The molecular formula is C14H30N2. The Kier molecular flexibility index (Phi) is 6.37. The number of unbranched alkanes of at least 4 members (excludes halogenated alkanes) is 2. The zero-order chi connectivity index (χ0) is 11.9. The van der Waals surface area contributed by atoms with Gasteiger partial charge in [-0.15, -0.1) is 0 Å². The van der Waals surface area contributed by atoms with E-state index in [1.807, 2.05) is 0 Å². The van der Waals surface area contributed by atoms with E-state index < -0.39 is 0 Å². The predicted octanol–water partition coefficient (Wildman–Crippen LogP) is 3.06. The lowest BCUT2D eigenvalue weighted by Gasteiger charge is -2.29. The minimum Gasteiger partial charge on any atom is -0.330 e. The standard InChI is InChI=1S/C14H30N2/c1-3-4-5-8-13(2)16-12-14(11-15)9-6-7-10-14/h13,16H,3-12,15H2,1-2H3. The summed E-state index contributed by atoms with van der Waals surface area (Å²) in [7, 11) is 0. The second kappa shape index (κ2) is 7.29. The van der Waals surface area contributed by atoms with Gasteiger partial charge in [0, 0.05) is 12.6 Å². The van der Waals surface area contributed by atoms with Crippen molar-refractivity contribution in [2.45, 2.75) is 71.3 Å². The topological polar surface area (TPSA) is 38.0 Å². The fraction of sp³-hybridized carbons (Fsp3) is 1.00. The van der Waals surface area contributed by atoms with Crippen molar-refractivity contribution in [1.29, 1.82) is 0 Å². The summed E-state index contributed by atoms with van der Waals surface area (Å²) >= 11 is 0. The number of nitrogens with two attached hydrogens (primary N) is 1. The second-order valence-electron chi connectivity index (χ2n) is 5.69. The van der Waals surface area contributed by atoms with Gasteiger partial charge in [-0.1, -0.05) is 39.0 Å². The Morgan fingerprint density at radius 1 is 1.25 bits per heavy atom. The third-order valence-corrected chi connectivity index (χ3v) is 4.16. The van der Waals surface area contributed by atoms with Crippen LogP contribution in [0.25, 0.3) is 0 Å². The van der Waals surface area contributed by atoms with Gasteiger partial charge < -0.3 is 11.1 Å². The lowest BCUT2D eigenvalue weighted by Crippen LogP contribution is -2.41. The molecule has 2 heteroatoms. The summed E-state index contributed by atoms with van der Waals surface area (Å²) in [6, 6.07) is 0.663. The molecule has 16 heavy (non-hydrogen) atoms. The molecule has 0 radical (unpaired) electrons. The van der Waals surface area contributed by atoms with Gasteiger partial charge >= 0.3 is 0 Å². The molecule has 1 saturated carbocycles. The number of nitrogens with one attached hydrogen (secondary N) is 1. The van der Waals surface area contributed by atoms with Crippen molar-refractivity contribution >= 4 is 0 Å². The number of hydrogen-bond donors (Lipinski definition) is 2. The van der Waals surface area contributed by atoms with Crippen LogP contribution in [-0.4, -0.2) is 19.1 Å². The molecule has 0 aromatic rings. The van der Waals surface area contributed by atoms with Crippen molar-refractivity contribution in [1.82, 2.24) is 5.32 Å². The van der Waals surface area contributed by atoms with Crippen LogP contribution in [0.15, 0.2) is 0 Å². The van der Waals surface area contributed by atoms with Crippen molar-refractivity contribution in [3.63, 3.8) is 0 Å². The molecule has 1 aliphatic rings. The van der Waals surface area contributed by atoms with Crippen molar-refractivity contribution in [2.75, 3.05) is 13.1 Å². The third kappa shape index (κ3) is 4.42. The average Bonchev–Trinajstić information content (AvgIpc) is 2.76. The Labute approximate surface area is 101 Å². The highest BCUT2D eigenvalue weighted by molar-refractivity contribution is 4.88. The molecule has 1 aliphatic carbocycles. The fourth-order valence-corrected chi connectivity index (χ4v) is 2.77. The maximum Gasteiger partial charge on any atom is 0.00389 e. The summed E-state index contributed by atoms with van der Waals surface area (Å²) in [6.07, 6.45) is 10.8. The molecule has 0 aliphatic heterocycles. The number of hydrogen-bond acceptors (Lipinski definition) is 2. The monoisotopic (exact) mass is 226 g/mol. The molecule has 0 saturated heterocycles. The Bertz CT molecular complexity index is 174. The molecule has 1 unspecified atom stereocenters. The SMILES string of the molecule is CCCCCC(C)NCC1(CN)CCCC1. The van der Waals surface area contributed by atoms with E-state index in [-0.39, 0.29) is 0 Å². The molecule has 0 amide bonds. The minimum absolute atomic E-state index is 0.430. The highest BCUT2D eigenvalue weighted by Crippen LogP contribution is 2.36. The lowest BCUT2D eigenvalue weighted by atomic mass is 9.86. The average molecular weight is 226 g/mol. The van der Waals surface area contributed by atoms with E-state index in [1.54, 1.807) is 0 Å². The van der Waals surface area contributed by atoms with Gasteiger partial charge in [0.05, 0.1) is 0 Å². The molecule has 3 N–H and O–H groups in total. The van der Waals surface area contributed by atoms with Crippen molar-refractivity contribution in [2.24, 2.45) is 11.1 Å². The molecule has 96 valence electrons. The van der Waals surface area contributed by atoms with Crippen LogP contribution in [0.4, 0.5) is 0 Å². The molecular weight excluding hydrogens is 196 g/mol. The second-order valence-corrected chi connectivity index (χ2v) is 5.69. The molecule has 2 nitrogen and oxygen atoms in total. The van der Waals surface area contributed by atoms with E-state index in [4.69, 9.17) is 5.73 Å². The molecule has 1 atom stereocenters. The summed E-state index contributed by atoms with van der Waals surface area (Å²) in [4.78, 5) is 0. The Balaban J connectivity index is 2.16. The van der Waals surface area contributed by atoms with Crippen molar-refractivity contribution in [3.8, 4) is 0 Å². The van der Waals surface area contributed by atoms with E-state index in [2.05, 4.69) is 19.2 Å². The van der Waals surface area contributed by atoms with Gasteiger partial charge in [-0.05, 0) is 38.1 Å². The molecule has 1 rings (SSSR count). The first-order valence-electron chi connectivity index (χ1n) is 7.16. The zero-order valence-electron chi connectivity index (χ0n) is 11.2. The Morgan fingerprint density at radius 2 is 1.94 bits per heavy atom. The summed E-state index contributed by atoms with van der Waals surface area (Å²) in [6.45, 7) is 6.58. The van der Waals surface area contributed by atoms with Crippen molar-refractivity contribution in [3.05, 3.63) is 0 Å². The fourth-order valence-electron chi connectivity index (χ4n) is 2.77. The summed E-state index contributed by atoms with van der Waals surface area (Å²) in [5, 5.41) is 3.70. The maximum atomic E-state index is 5.94. The third-order valence-electron chi connectivity index (χ3n) is 4.16. The zero-order valence-corrected chi connectivity index (χ0v) is 11.2. The summed E-state index contributed by atoms with van der Waals surface area (Å²) in [5.74, 6) is 0. The van der Waals surface area contributed by atoms with Crippen LogP contribution in [0, 0.1) is 5.41 Å². The maximum absolute atomic E-state index is 5.94. The molecule has 0 bridgehead atoms. The molecule has 0 aromatic carbocycles. The van der Waals surface area contributed by atoms with Crippen LogP contribution < -0.4 is 11.1 Å². The first kappa shape index (κ1) is 14.0. The number of rotatable bonds is 8. The molecule has 0 spiro atoms. The Morgan fingerprint density at radius 3 is 2.50 bits per heavy atom. The smallest absolute Gasteiger partial charge is 0.00389 e. The van der Waals surface area contributed by atoms with Gasteiger partial charge in [-0.25, -0.2) is 0 Å². The van der Waals surface area contributed by atoms with Gasteiger partial charge in [0.1, 0.15) is 0 Å². The van der Waals surface area contributed by atoms with E-state index in [9.17, 15) is 0 Å². The van der Waals surface area contributed by atoms with Crippen LogP contribution in [0.5, 0.6) is 0 Å². The highest BCUT2D eigenvalue weighted by atomic mass is 14.9. The van der Waals surface area contributed by atoms with Crippen LogP contribution in [0.3, 0.4) is 0 Å². The van der Waals surface area contributed by atoms with Gasteiger partial charge in [-0.2, -0.15) is 0 Å². The minimum atomic E-state index is 0.430. The van der Waals surface area contributed by atoms with Gasteiger partial charge in [0.2, 0.25) is 0 Å². The van der Waals surface area contributed by atoms with Crippen LogP contribution in [0.1, 0.15) is 65.2 Å². The summed E-state index contributed by atoms with van der Waals surface area (Å²) < 4.78 is 0. The van der Waals surface area contributed by atoms with E-state index in [1.165, 1.54) is 51.4 Å². The molecule has 1 fully saturated rings. The predicted molar refractivity (Wildman–Crippen MR) is 71.6 cm³/mol. The van der Waals surface area contributed by atoms with Crippen LogP contribution in [-0.2, 0) is 0 Å². The van der Waals surface area contributed by atoms with Crippen LogP contribution in [0.2, 0.25) is 0 Å². The van der Waals surface area contributed by atoms with Gasteiger partial charge in [0.25, 0.3) is 0 Å². The van der Waals surface area contributed by atoms with Gasteiger partial charge in [0.15, 0.2) is 0 Å². The normalized spacial score (nSPS) is 21.2. The van der Waals surface area contributed by atoms with Gasteiger partial charge in [-0.3, -0.25) is 0 Å². The molecule has 0 aromatic heterocycles. The first-order chi connectivity index (χ1) is 7.72. The van der Waals surface area contributed by atoms with E-state index in [0.29, 0.717) is 11.5 Å². The van der Waals surface area contributed by atoms with Crippen molar-refractivity contribution < 1.29 is 0 Å². The molecule has 0 heterocycles.